The van der Waals surface area contributed by atoms with Crippen LogP contribution in [0.25, 0.3) is 0 Å². The molecular weight excluding hydrogens is 206 g/mol. The second-order valence-electron chi connectivity index (χ2n) is 5.13. The Kier molecular flexibility index (Phi) is 5.44. The largest absolute Gasteiger partial charge is 0.394 e. The number of nitrogens with one attached hydrogen (secondary N) is 1. The first-order valence-corrected chi connectivity index (χ1v) is 7.08. The lowest BCUT2D eigenvalue weighted by Gasteiger charge is -2.39. The molecule has 2 nitrogen and oxygen atoms in total. The van der Waals surface area contributed by atoms with Gasteiger partial charge >= 0.3 is 0 Å². The molecular formula is C12H25NOS. The summed E-state index contributed by atoms with van der Waals surface area (Å²) in [5, 5.41) is 13.5. The van der Waals surface area contributed by atoms with Crippen LogP contribution in [0.3, 0.4) is 0 Å². The molecule has 0 spiro atoms. The zero-order chi connectivity index (χ0) is 11.3. The van der Waals surface area contributed by atoms with Gasteiger partial charge in [-0.1, -0.05) is 20.3 Å². The highest BCUT2D eigenvalue weighted by Crippen LogP contribution is 2.35. The summed E-state index contributed by atoms with van der Waals surface area (Å²) in [5.41, 5.74) is 0.00684. The molecule has 0 amide bonds. The van der Waals surface area contributed by atoms with Gasteiger partial charge in [0.25, 0.3) is 0 Å². The summed E-state index contributed by atoms with van der Waals surface area (Å²) in [5.74, 6) is 2.02. The molecule has 1 aliphatic carbocycles. The summed E-state index contributed by atoms with van der Waals surface area (Å²) in [6, 6.07) is 0. The van der Waals surface area contributed by atoms with E-state index < -0.39 is 0 Å². The van der Waals surface area contributed by atoms with Crippen LogP contribution in [-0.4, -0.2) is 35.3 Å². The number of aliphatic hydroxyl groups is 1. The summed E-state index contributed by atoms with van der Waals surface area (Å²) in [6.45, 7) is 4.82. The van der Waals surface area contributed by atoms with Crippen LogP contribution in [0.5, 0.6) is 0 Å². The Hall–Kier alpha value is 0.270. The summed E-state index contributed by atoms with van der Waals surface area (Å²) in [7, 11) is 1.98. The van der Waals surface area contributed by atoms with Gasteiger partial charge < -0.3 is 10.4 Å². The Morgan fingerprint density at radius 1 is 1.53 bits per heavy atom. The van der Waals surface area contributed by atoms with Crippen molar-refractivity contribution in [1.29, 1.82) is 0 Å². The first kappa shape index (κ1) is 13.3. The number of thioether (sulfide) groups is 1. The SMILES string of the molecule is CNC1(CO)CCCC(SCC(C)C)C1. The molecule has 1 rings (SSSR count). The van der Waals surface area contributed by atoms with Gasteiger partial charge in [0, 0.05) is 10.8 Å². The van der Waals surface area contributed by atoms with E-state index in [1.807, 2.05) is 7.05 Å². The maximum Gasteiger partial charge on any atom is 0.0613 e. The molecule has 0 aromatic heterocycles. The van der Waals surface area contributed by atoms with Gasteiger partial charge in [-0.15, -0.1) is 0 Å². The van der Waals surface area contributed by atoms with Crippen molar-refractivity contribution < 1.29 is 5.11 Å². The molecule has 2 N–H and O–H groups in total. The molecule has 1 saturated carbocycles. The lowest BCUT2D eigenvalue weighted by Crippen LogP contribution is -2.50. The van der Waals surface area contributed by atoms with Crippen molar-refractivity contribution in [2.75, 3.05) is 19.4 Å². The van der Waals surface area contributed by atoms with Crippen LogP contribution in [0.1, 0.15) is 39.5 Å². The van der Waals surface area contributed by atoms with Crippen molar-refractivity contribution in [2.24, 2.45) is 5.92 Å². The van der Waals surface area contributed by atoms with Crippen molar-refractivity contribution in [1.82, 2.24) is 5.32 Å². The third-order valence-corrected chi connectivity index (χ3v) is 5.03. The highest BCUT2D eigenvalue weighted by Gasteiger charge is 2.34. The van der Waals surface area contributed by atoms with E-state index in [4.69, 9.17) is 0 Å². The molecule has 0 aromatic carbocycles. The third kappa shape index (κ3) is 3.97. The molecule has 0 aromatic rings. The molecule has 0 radical (unpaired) electrons. The normalized spacial score (nSPS) is 32.2. The molecule has 0 bridgehead atoms. The fourth-order valence-electron chi connectivity index (χ4n) is 2.23. The predicted molar refractivity (Wildman–Crippen MR) is 68.4 cm³/mol. The lowest BCUT2D eigenvalue weighted by molar-refractivity contribution is 0.131. The Balaban J connectivity index is 2.41. The smallest absolute Gasteiger partial charge is 0.0613 e. The van der Waals surface area contributed by atoms with Crippen LogP contribution < -0.4 is 5.32 Å². The minimum absolute atomic E-state index is 0.00684. The lowest BCUT2D eigenvalue weighted by atomic mass is 9.82. The molecule has 2 unspecified atom stereocenters. The topological polar surface area (TPSA) is 32.3 Å². The van der Waals surface area contributed by atoms with Gasteiger partial charge in [-0.2, -0.15) is 11.8 Å². The summed E-state index contributed by atoms with van der Waals surface area (Å²) in [4.78, 5) is 0. The molecule has 2 atom stereocenters. The first-order chi connectivity index (χ1) is 7.12. The van der Waals surface area contributed by atoms with Crippen LogP contribution in [0.2, 0.25) is 0 Å². The minimum atomic E-state index is 0.00684. The molecule has 90 valence electrons. The molecule has 0 aliphatic heterocycles. The first-order valence-electron chi connectivity index (χ1n) is 6.03. The van der Waals surface area contributed by atoms with Gasteiger partial charge in [-0.05, 0) is 38.0 Å². The fraction of sp³-hybridized carbons (Fsp3) is 1.00. The highest BCUT2D eigenvalue weighted by molar-refractivity contribution is 7.99. The molecule has 0 heterocycles. The van der Waals surface area contributed by atoms with Gasteiger partial charge in [-0.3, -0.25) is 0 Å². The Labute approximate surface area is 98.2 Å². The van der Waals surface area contributed by atoms with Gasteiger partial charge in [0.1, 0.15) is 0 Å². The monoisotopic (exact) mass is 231 g/mol. The van der Waals surface area contributed by atoms with E-state index >= 15 is 0 Å². The van der Waals surface area contributed by atoms with E-state index in [-0.39, 0.29) is 12.1 Å². The van der Waals surface area contributed by atoms with Crippen LogP contribution in [0.4, 0.5) is 0 Å². The fourth-order valence-corrected chi connectivity index (χ4v) is 3.66. The van der Waals surface area contributed by atoms with Crippen LogP contribution in [0, 0.1) is 5.92 Å². The van der Waals surface area contributed by atoms with Crippen molar-refractivity contribution in [3.05, 3.63) is 0 Å². The molecule has 0 saturated heterocycles. The maximum absolute atomic E-state index is 9.46. The van der Waals surface area contributed by atoms with Crippen molar-refractivity contribution >= 4 is 11.8 Å². The average molecular weight is 231 g/mol. The average Bonchev–Trinajstić information content (AvgIpc) is 2.26. The van der Waals surface area contributed by atoms with E-state index in [0.717, 1.165) is 24.0 Å². The third-order valence-electron chi connectivity index (χ3n) is 3.30. The van der Waals surface area contributed by atoms with Crippen molar-refractivity contribution in [3.8, 4) is 0 Å². The quantitative estimate of drug-likeness (QED) is 0.761. The number of hydrogen-bond acceptors (Lipinski definition) is 3. The minimum Gasteiger partial charge on any atom is -0.394 e. The molecule has 15 heavy (non-hydrogen) atoms. The summed E-state index contributed by atoms with van der Waals surface area (Å²) >= 11 is 2.09. The molecule has 3 heteroatoms. The predicted octanol–water partition coefficient (Wildman–Crippen LogP) is 2.27. The van der Waals surface area contributed by atoms with Crippen LogP contribution in [0.15, 0.2) is 0 Å². The highest BCUT2D eigenvalue weighted by atomic mass is 32.2. The standard InChI is InChI=1S/C12H25NOS/c1-10(2)8-15-11-5-4-6-12(7-11,9-14)13-3/h10-11,13-14H,4-9H2,1-3H3. The van der Waals surface area contributed by atoms with Crippen molar-refractivity contribution in [2.45, 2.75) is 50.3 Å². The second-order valence-corrected chi connectivity index (χ2v) is 6.47. The zero-order valence-electron chi connectivity index (χ0n) is 10.3. The maximum atomic E-state index is 9.46. The van der Waals surface area contributed by atoms with E-state index in [1.54, 1.807) is 0 Å². The number of hydrogen-bond donors (Lipinski definition) is 2. The van der Waals surface area contributed by atoms with Gasteiger partial charge in [0.05, 0.1) is 6.61 Å². The summed E-state index contributed by atoms with van der Waals surface area (Å²) in [6.07, 6.45) is 4.81. The van der Waals surface area contributed by atoms with Crippen molar-refractivity contribution in [3.63, 3.8) is 0 Å². The number of rotatable bonds is 5. The van der Waals surface area contributed by atoms with E-state index in [2.05, 4.69) is 30.9 Å². The van der Waals surface area contributed by atoms with E-state index in [9.17, 15) is 5.11 Å². The number of likely N-dealkylation sites (N-methyl/N-ethyl adjacent to an activating group) is 1. The number of aliphatic hydroxyl groups excluding tert-OH is 1. The Morgan fingerprint density at radius 2 is 2.27 bits per heavy atom. The molecule has 1 fully saturated rings. The van der Waals surface area contributed by atoms with Crippen LogP contribution in [-0.2, 0) is 0 Å². The van der Waals surface area contributed by atoms with Gasteiger partial charge in [0.15, 0.2) is 0 Å². The van der Waals surface area contributed by atoms with E-state index in [1.165, 1.54) is 18.6 Å². The van der Waals surface area contributed by atoms with Gasteiger partial charge in [-0.25, -0.2) is 0 Å². The van der Waals surface area contributed by atoms with E-state index in [0.29, 0.717) is 0 Å². The Bertz CT molecular complexity index is 180. The van der Waals surface area contributed by atoms with Crippen LogP contribution >= 0.6 is 11.8 Å². The molecule has 1 aliphatic rings. The second kappa shape index (κ2) is 6.12. The van der Waals surface area contributed by atoms with Gasteiger partial charge in [0.2, 0.25) is 0 Å². The Morgan fingerprint density at radius 3 is 2.80 bits per heavy atom. The summed E-state index contributed by atoms with van der Waals surface area (Å²) < 4.78 is 0. The zero-order valence-corrected chi connectivity index (χ0v) is 11.1.